The number of nitrogens with one attached hydrogen (secondary N) is 3. The van der Waals surface area contributed by atoms with E-state index in [1.165, 1.54) is 12.5 Å². The van der Waals surface area contributed by atoms with Crippen LogP contribution < -0.4 is 20.9 Å². The standard InChI is InChI=1S/C22H30N8O4S/c1-14(2)26-17-8-19(25-9-16(17)21(32)30-10-15(11-30)13-35(3,33)34)27-18-4-5-24-22(28-18)29-7-6-23-20(31)12-29/h4-5,8-9,14-15H,6-7,10-13H2,1-3H3,(H,23,31)(H2,24,25,26,27,28). The second kappa shape index (κ2) is 10.0. The molecule has 2 fully saturated rings. The number of hydrogen-bond acceptors (Lipinski definition) is 10. The average molecular weight is 503 g/mol. The number of rotatable bonds is 8. The van der Waals surface area contributed by atoms with E-state index in [0.717, 1.165) is 0 Å². The molecule has 0 aliphatic carbocycles. The predicted octanol–water partition coefficient (Wildman–Crippen LogP) is 0.488. The van der Waals surface area contributed by atoms with Crippen molar-refractivity contribution in [2.75, 3.05) is 60.3 Å². The van der Waals surface area contributed by atoms with Crippen molar-refractivity contribution in [3.8, 4) is 0 Å². The van der Waals surface area contributed by atoms with E-state index in [4.69, 9.17) is 0 Å². The van der Waals surface area contributed by atoms with Gasteiger partial charge in [0.05, 0.1) is 23.5 Å². The minimum atomic E-state index is -3.07. The molecule has 3 N–H and O–H groups in total. The molecule has 35 heavy (non-hydrogen) atoms. The van der Waals surface area contributed by atoms with Crippen LogP contribution >= 0.6 is 0 Å². The van der Waals surface area contributed by atoms with Gasteiger partial charge in [0.15, 0.2) is 0 Å². The Morgan fingerprint density at radius 2 is 2.03 bits per heavy atom. The van der Waals surface area contributed by atoms with E-state index in [1.54, 1.807) is 28.1 Å². The van der Waals surface area contributed by atoms with Crippen LogP contribution in [-0.4, -0.2) is 90.9 Å². The number of piperazine rings is 1. The summed E-state index contributed by atoms with van der Waals surface area (Å²) in [7, 11) is -3.07. The van der Waals surface area contributed by atoms with Crippen LogP contribution in [0.1, 0.15) is 24.2 Å². The second-order valence-corrected chi connectivity index (χ2v) is 11.4. The van der Waals surface area contributed by atoms with Gasteiger partial charge in [-0.1, -0.05) is 0 Å². The molecule has 0 bridgehead atoms. The Morgan fingerprint density at radius 1 is 1.26 bits per heavy atom. The Morgan fingerprint density at radius 3 is 2.71 bits per heavy atom. The summed E-state index contributed by atoms with van der Waals surface area (Å²) in [4.78, 5) is 41.4. The maximum absolute atomic E-state index is 13.1. The number of anilines is 4. The van der Waals surface area contributed by atoms with E-state index in [1.807, 2.05) is 13.8 Å². The van der Waals surface area contributed by atoms with Gasteiger partial charge >= 0.3 is 0 Å². The lowest BCUT2D eigenvalue weighted by atomic mass is 10.0. The number of carbonyl (C=O) groups excluding carboxylic acids is 2. The largest absolute Gasteiger partial charge is 0.382 e. The van der Waals surface area contributed by atoms with E-state index < -0.39 is 9.84 Å². The fourth-order valence-corrected chi connectivity index (χ4v) is 5.14. The van der Waals surface area contributed by atoms with Gasteiger partial charge in [-0.15, -0.1) is 0 Å². The van der Waals surface area contributed by atoms with E-state index >= 15 is 0 Å². The van der Waals surface area contributed by atoms with E-state index in [2.05, 4.69) is 30.9 Å². The first-order valence-electron chi connectivity index (χ1n) is 11.4. The van der Waals surface area contributed by atoms with Crippen LogP contribution in [0.3, 0.4) is 0 Å². The van der Waals surface area contributed by atoms with Crippen molar-refractivity contribution in [2.45, 2.75) is 19.9 Å². The molecule has 2 aliphatic heterocycles. The van der Waals surface area contributed by atoms with Crippen LogP contribution in [0.25, 0.3) is 0 Å². The summed E-state index contributed by atoms with van der Waals surface area (Å²) in [6.07, 6.45) is 4.33. The Balaban J connectivity index is 1.49. The molecule has 0 atom stereocenters. The van der Waals surface area contributed by atoms with Gasteiger partial charge in [0.1, 0.15) is 21.5 Å². The second-order valence-electron chi connectivity index (χ2n) is 9.22. The molecule has 12 nitrogen and oxygen atoms in total. The van der Waals surface area contributed by atoms with Crippen LogP contribution in [-0.2, 0) is 14.6 Å². The van der Waals surface area contributed by atoms with Gasteiger partial charge in [-0.25, -0.2) is 18.4 Å². The number of pyridine rings is 1. The molecule has 0 aromatic carbocycles. The topological polar surface area (TPSA) is 150 Å². The third-order valence-electron chi connectivity index (χ3n) is 5.58. The number of aromatic nitrogens is 3. The normalized spacial score (nSPS) is 16.6. The highest BCUT2D eigenvalue weighted by Crippen LogP contribution is 2.27. The first-order valence-corrected chi connectivity index (χ1v) is 13.5. The van der Waals surface area contributed by atoms with Crippen molar-refractivity contribution in [1.82, 2.24) is 25.2 Å². The SMILES string of the molecule is CC(C)Nc1cc(Nc2ccnc(N3CCNC(=O)C3)n2)ncc1C(=O)N1CC(CS(C)(=O)=O)C1. The number of sulfone groups is 1. The van der Waals surface area contributed by atoms with Crippen molar-refractivity contribution < 1.29 is 18.0 Å². The Bertz CT molecular complexity index is 1210. The first kappa shape index (κ1) is 24.6. The van der Waals surface area contributed by atoms with Gasteiger partial charge in [-0.2, -0.15) is 4.98 Å². The highest BCUT2D eigenvalue weighted by Gasteiger charge is 2.34. The number of carbonyl (C=O) groups is 2. The molecule has 2 amide bonds. The summed E-state index contributed by atoms with van der Waals surface area (Å²) in [5, 5.41) is 9.21. The zero-order chi connectivity index (χ0) is 25.2. The van der Waals surface area contributed by atoms with Gasteiger partial charge in [-0.3, -0.25) is 9.59 Å². The number of hydrogen-bond donors (Lipinski definition) is 3. The molecule has 0 unspecified atom stereocenters. The monoisotopic (exact) mass is 502 g/mol. The maximum Gasteiger partial charge on any atom is 0.257 e. The molecular weight excluding hydrogens is 472 g/mol. The quantitative estimate of drug-likeness (QED) is 0.465. The van der Waals surface area contributed by atoms with E-state index in [9.17, 15) is 18.0 Å². The molecule has 0 saturated carbocycles. The molecule has 2 aliphatic rings. The van der Waals surface area contributed by atoms with Crippen molar-refractivity contribution in [2.24, 2.45) is 5.92 Å². The summed E-state index contributed by atoms with van der Waals surface area (Å²) in [6, 6.07) is 3.52. The van der Waals surface area contributed by atoms with E-state index in [0.29, 0.717) is 55.0 Å². The fourth-order valence-electron chi connectivity index (χ4n) is 4.08. The predicted molar refractivity (Wildman–Crippen MR) is 133 cm³/mol. The lowest BCUT2D eigenvalue weighted by molar-refractivity contribution is -0.120. The van der Waals surface area contributed by atoms with Gasteiger partial charge in [-0.05, 0) is 19.9 Å². The zero-order valence-corrected chi connectivity index (χ0v) is 20.8. The van der Waals surface area contributed by atoms with Crippen LogP contribution in [0.15, 0.2) is 24.5 Å². The van der Waals surface area contributed by atoms with Crippen LogP contribution in [0.5, 0.6) is 0 Å². The van der Waals surface area contributed by atoms with Crippen LogP contribution in [0.2, 0.25) is 0 Å². The van der Waals surface area contributed by atoms with Gasteiger partial charge in [0, 0.05) is 62.9 Å². The van der Waals surface area contributed by atoms with Crippen molar-refractivity contribution in [3.63, 3.8) is 0 Å². The van der Waals surface area contributed by atoms with Crippen molar-refractivity contribution >= 4 is 44.9 Å². The van der Waals surface area contributed by atoms with Crippen LogP contribution in [0.4, 0.5) is 23.3 Å². The van der Waals surface area contributed by atoms with Gasteiger partial charge < -0.3 is 25.8 Å². The average Bonchev–Trinajstić information content (AvgIpc) is 2.75. The molecule has 4 rings (SSSR count). The van der Waals surface area contributed by atoms with Crippen molar-refractivity contribution in [3.05, 3.63) is 30.1 Å². The molecule has 2 saturated heterocycles. The molecule has 4 heterocycles. The summed E-state index contributed by atoms with van der Waals surface area (Å²) < 4.78 is 23.0. The summed E-state index contributed by atoms with van der Waals surface area (Å²) in [6.45, 7) is 6.11. The minimum absolute atomic E-state index is 0.0395. The van der Waals surface area contributed by atoms with Gasteiger partial charge in [0.2, 0.25) is 11.9 Å². The van der Waals surface area contributed by atoms with Gasteiger partial charge in [0.25, 0.3) is 5.91 Å². The Hall–Kier alpha value is -3.48. The fraction of sp³-hybridized carbons (Fsp3) is 0.500. The third-order valence-corrected chi connectivity index (χ3v) is 6.66. The Labute approximate surface area is 204 Å². The van der Waals surface area contributed by atoms with Crippen LogP contribution in [0, 0.1) is 5.92 Å². The number of amides is 2. The molecule has 188 valence electrons. The lowest BCUT2D eigenvalue weighted by Gasteiger charge is -2.39. The zero-order valence-electron chi connectivity index (χ0n) is 20.0. The lowest BCUT2D eigenvalue weighted by Crippen LogP contribution is -2.52. The molecule has 2 aromatic rings. The first-order chi connectivity index (χ1) is 16.6. The molecule has 0 spiro atoms. The van der Waals surface area contributed by atoms with E-state index in [-0.39, 0.29) is 36.1 Å². The summed E-state index contributed by atoms with van der Waals surface area (Å²) >= 11 is 0. The number of nitrogens with zero attached hydrogens (tertiary/aromatic N) is 5. The molecular formula is C22H30N8O4S. The Kier molecular flexibility index (Phi) is 7.05. The summed E-state index contributed by atoms with van der Waals surface area (Å²) in [5.41, 5.74) is 1.04. The molecule has 13 heteroatoms. The highest BCUT2D eigenvalue weighted by atomic mass is 32.2. The molecule has 0 radical (unpaired) electrons. The molecule has 2 aromatic heterocycles. The smallest absolute Gasteiger partial charge is 0.257 e. The minimum Gasteiger partial charge on any atom is -0.382 e. The summed E-state index contributed by atoms with van der Waals surface area (Å²) in [5.74, 6) is 1.22. The highest BCUT2D eigenvalue weighted by molar-refractivity contribution is 7.90. The third kappa shape index (κ3) is 6.35. The van der Waals surface area contributed by atoms with Crippen molar-refractivity contribution in [1.29, 1.82) is 0 Å². The maximum atomic E-state index is 13.1. The number of likely N-dealkylation sites (tertiary alicyclic amines) is 1.